The fourth-order valence-corrected chi connectivity index (χ4v) is 14.4. The van der Waals surface area contributed by atoms with Crippen molar-refractivity contribution in [3.8, 4) is 55.9 Å². The first-order chi connectivity index (χ1) is 41.4. The lowest BCUT2D eigenvalue weighted by molar-refractivity contribution is 0.569. The number of furan rings is 1. The molecule has 0 atom stereocenters. The van der Waals surface area contributed by atoms with Gasteiger partial charge in [-0.2, -0.15) is 0 Å². The van der Waals surface area contributed by atoms with Crippen molar-refractivity contribution in [3.05, 3.63) is 266 Å². The molecule has 5 heterocycles. The third kappa shape index (κ3) is 7.49. The maximum atomic E-state index is 7.38. The molecule has 0 fully saturated rings. The summed E-state index contributed by atoms with van der Waals surface area (Å²) in [5.41, 5.74) is 27.8. The SMILES string of the molecule is CC(C)(C)c1cc(-c2ccc(-c3ccccc3)c(N3c4ccc(-n5c6ccccc6c6ccccc65)cc4B4c5c3cc3c(oc6ccccc63)c5-n3c5ccc(-c6ccccc6)cc5c5cc(-c6ccccc6)cc4c53)c2)cc(C(C)(C)C)c1. The molecule has 5 heteroatoms. The van der Waals surface area contributed by atoms with Crippen LogP contribution in [0.5, 0.6) is 0 Å². The minimum atomic E-state index is -0.223. The minimum absolute atomic E-state index is 0.0621. The molecule has 0 bridgehead atoms. The number of hydrogen-bond donors (Lipinski definition) is 0. The average Bonchev–Trinajstić information content (AvgIpc) is 2.00. The van der Waals surface area contributed by atoms with E-state index >= 15 is 0 Å². The van der Waals surface area contributed by atoms with Gasteiger partial charge in [0.05, 0.1) is 27.9 Å². The number of para-hydroxylation sites is 3. The van der Waals surface area contributed by atoms with Crippen LogP contribution in [0.1, 0.15) is 52.7 Å². The van der Waals surface area contributed by atoms with Crippen molar-refractivity contribution < 1.29 is 4.42 Å². The van der Waals surface area contributed by atoms with Gasteiger partial charge < -0.3 is 18.5 Å². The molecular weight excluding hydrogens is 1030 g/mol. The lowest BCUT2D eigenvalue weighted by Gasteiger charge is -2.41. The molecule has 17 rings (SSSR count). The zero-order chi connectivity index (χ0) is 57.0. The van der Waals surface area contributed by atoms with Crippen LogP contribution in [0.3, 0.4) is 0 Å². The molecule has 0 amide bonds. The summed E-state index contributed by atoms with van der Waals surface area (Å²) in [7, 11) is 0. The maximum absolute atomic E-state index is 7.38. The van der Waals surface area contributed by atoms with Gasteiger partial charge in [-0.15, -0.1) is 0 Å². The molecule has 4 nitrogen and oxygen atoms in total. The molecule has 12 aromatic carbocycles. The molecule has 0 spiro atoms. The van der Waals surface area contributed by atoms with E-state index in [-0.39, 0.29) is 17.5 Å². The van der Waals surface area contributed by atoms with Gasteiger partial charge in [0.25, 0.3) is 6.71 Å². The van der Waals surface area contributed by atoms with Crippen molar-refractivity contribution in [1.82, 2.24) is 9.13 Å². The Labute approximate surface area is 495 Å². The van der Waals surface area contributed by atoms with Crippen LogP contribution in [-0.2, 0) is 10.8 Å². The van der Waals surface area contributed by atoms with E-state index in [0.717, 1.165) is 67.0 Å². The Bertz CT molecular complexity index is 5180. The second-order valence-corrected chi connectivity index (χ2v) is 25.7. The molecule has 0 saturated heterocycles. The first-order valence-electron chi connectivity index (χ1n) is 29.9. The smallest absolute Gasteiger partial charge is 0.252 e. The zero-order valence-electron chi connectivity index (χ0n) is 48.6. The van der Waals surface area contributed by atoms with E-state index in [2.05, 4.69) is 310 Å². The van der Waals surface area contributed by atoms with E-state index < -0.39 is 0 Å². The van der Waals surface area contributed by atoms with Crippen molar-refractivity contribution >= 4 is 106 Å². The molecule has 0 unspecified atom stereocenters. The molecular formula is C80H60BN3O. The van der Waals surface area contributed by atoms with Gasteiger partial charge in [0.2, 0.25) is 0 Å². The monoisotopic (exact) mass is 1090 g/mol. The molecule has 2 aliphatic heterocycles. The van der Waals surface area contributed by atoms with Gasteiger partial charge in [0.1, 0.15) is 5.58 Å². The molecule has 15 aromatic rings. The van der Waals surface area contributed by atoms with E-state index in [0.29, 0.717) is 0 Å². The van der Waals surface area contributed by atoms with Crippen LogP contribution < -0.4 is 21.3 Å². The standard InChI is InChI=1S/C80H60BN3O/c1-79(2,3)56-40-54(41-57(46-56)80(4,5)6)53-34-37-59(51-26-14-9-15-27-51)72(45-53)83-71-39-36-58(82-68-31-19-16-28-60(68)61-29-17-20-32-69(61)82)47-66(71)81-67-44-55(50-24-12-8-13-25-50)43-64-63-42-52(49-22-10-7-11-23-49)35-38-70(63)84(76(64)67)77-75(81)73(83)48-65-62-30-18-21-33-74(62)85-78(65)77/h7-48H,1-6H3. The molecule has 404 valence electrons. The van der Waals surface area contributed by atoms with Crippen molar-refractivity contribution in [2.24, 2.45) is 0 Å². The van der Waals surface area contributed by atoms with E-state index in [1.54, 1.807) is 0 Å². The van der Waals surface area contributed by atoms with E-state index in [1.807, 2.05) is 0 Å². The Hall–Kier alpha value is -10.1. The van der Waals surface area contributed by atoms with Gasteiger partial charge in [-0.25, -0.2) is 0 Å². The number of benzene rings is 12. The molecule has 0 radical (unpaired) electrons. The number of anilines is 3. The van der Waals surface area contributed by atoms with Crippen LogP contribution in [-0.4, -0.2) is 15.8 Å². The molecule has 0 aliphatic carbocycles. The van der Waals surface area contributed by atoms with E-state index in [1.165, 1.54) is 99.0 Å². The van der Waals surface area contributed by atoms with Crippen LogP contribution in [0.25, 0.3) is 121 Å². The van der Waals surface area contributed by atoms with Gasteiger partial charge in [-0.1, -0.05) is 230 Å². The van der Waals surface area contributed by atoms with Crippen molar-refractivity contribution in [2.45, 2.75) is 52.4 Å². The summed E-state index contributed by atoms with van der Waals surface area (Å²) in [6.45, 7) is 13.8. The first kappa shape index (κ1) is 49.5. The zero-order valence-corrected chi connectivity index (χ0v) is 48.6. The summed E-state index contributed by atoms with van der Waals surface area (Å²) in [5.74, 6) is 0. The molecule has 0 N–H and O–H groups in total. The summed E-state index contributed by atoms with van der Waals surface area (Å²) in [5, 5.41) is 7.08. The van der Waals surface area contributed by atoms with Gasteiger partial charge >= 0.3 is 0 Å². The lowest BCUT2D eigenvalue weighted by Crippen LogP contribution is -2.60. The quantitative estimate of drug-likeness (QED) is 0.155. The summed E-state index contributed by atoms with van der Waals surface area (Å²) in [4.78, 5) is 2.63. The number of fused-ring (bicyclic) bond motifs is 14. The topological polar surface area (TPSA) is 26.2 Å². The van der Waals surface area contributed by atoms with Crippen LogP contribution in [0.2, 0.25) is 0 Å². The average molecular weight is 1090 g/mol. The predicted octanol–water partition coefficient (Wildman–Crippen LogP) is 19.7. The Morgan fingerprint density at radius 2 is 0.894 bits per heavy atom. The van der Waals surface area contributed by atoms with Gasteiger partial charge in [-0.3, -0.25) is 0 Å². The third-order valence-electron chi connectivity index (χ3n) is 18.6. The Balaban J connectivity index is 1.05. The van der Waals surface area contributed by atoms with Gasteiger partial charge in [-0.05, 0) is 144 Å². The third-order valence-corrected chi connectivity index (χ3v) is 18.6. The highest BCUT2D eigenvalue weighted by Gasteiger charge is 2.45. The first-order valence-corrected chi connectivity index (χ1v) is 29.9. The fourth-order valence-electron chi connectivity index (χ4n) is 14.4. The maximum Gasteiger partial charge on any atom is 0.252 e. The highest BCUT2D eigenvalue weighted by atomic mass is 16.3. The molecule has 0 saturated carbocycles. The highest BCUT2D eigenvalue weighted by Crippen LogP contribution is 2.50. The lowest BCUT2D eigenvalue weighted by atomic mass is 9.33. The van der Waals surface area contributed by atoms with Gasteiger partial charge in [0, 0.05) is 60.5 Å². The summed E-state index contributed by atoms with van der Waals surface area (Å²) in [6.07, 6.45) is 0. The normalized spacial score (nSPS) is 13.0. The number of rotatable bonds is 6. The number of nitrogens with zero attached hydrogens (tertiary/aromatic N) is 3. The minimum Gasteiger partial charge on any atom is -0.454 e. The van der Waals surface area contributed by atoms with Crippen LogP contribution in [0.4, 0.5) is 17.1 Å². The molecule has 2 aliphatic rings. The summed E-state index contributed by atoms with van der Waals surface area (Å²) < 4.78 is 12.5. The number of aromatic nitrogens is 2. The second kappa shape index (κ2) is 18.2. The van der Waals surface area contributed by atoms with Crippen LogP contribution in [0.15, 0.2) is 259 Å². The van der Waals surface area contributed by atoms with Crippen LogP contribution in [0, 0.1) is 0 Å². The summed E-state index contributed by atoms with van der Waals surface area (Å²) in [6, 6.07) is 95.6. The fraction of sp³-hybridized carbons (Fsp3) is 0.100. The summed E-state index contributed by atoms with van der Waals surface area (Å²) >= 11 is 0. The number of hydrogen-bond acceptors (Lipinski definition) is 2. The van der Waals surface area contributed by atoms with E-state index in [4.69, 9.17) is 4.42 Å². The Morgan fingerprint density at radius 3 is 1.56 bits per heavy atom. The van der Waals surface area contributed by atoms with Gasteiger partial charge in [0.15, 0.2) is 5.58 Å². The Kier molecular flexibility index (Phi) is 10.6. The Morgan fingerprint density at radius 1 is 0.341 bits per heavy atom. The predicted molar refractivity (Wildman–Crippen MR) is 361 cm³/mol. The van der Waals surface area contributed by atoms with Crippen molar-refractivity contribution in [3.63, 3.8) is 0 Å². The highest BCUT2D eigenvalue weighted by molar-refractivity contribution is 7.00. The largest absolute Gasteiger partial charge is 0.454 e. The van der Waals surface area contributed by atoms with Crippen molar-refractivity contribution in [1.29, 1.82) is 0 Å². The second-order valence-electron chi connectivity index (χ2n) is 25.7. The molecule has 3 aromatic heterocycles. The van der Waals surface area contributed by atoms with E-state index in [9.17, 15) is 0 Å². The van der Waals surface area contributed by atoms with Crippen molar-refractivity contribution in [2.75, 3.05) is 4.90 Å². The van der Waals surface area contributed by atoms with Crippen LogP contribution >= 0.6 is 0 Å². The molecule has 85 heavy (non-hydrogen) atoms.